The number of imidazole rings is 1. The molecule has 2 saturated carbocycles. The van der Waals surface area contributed by atoms with Gasteiger partial charge in [0.05, 0.1) is 40.0 Å². The maximum Gasteiger partial charge on any atom is 0.261 e. The normalized spacial score (nSPS) is 22.0. The Morgan fingerprint density at radius 1 is 0.981 bits per heavy atom. The Bertz CT molecular complexity index is 2130. The van der Waals surface area contributed by atoms with E-state index in [-0.39, 0.29) is 53.5 Å². The van der Waals surface area contributed by atoms with E-state index < -0.39 is 34.9 Å². The minimum Gasteiger partial charge on any atom is -0.341 e. The van der Waals surface area contributed by atoms with Crippen LogP contribution in [0.3, 0.4) is 0 Å². The van der Waals surface area contributed by atoms with Crippen LogP contribution in [-0.4, -0.2) is 73.4 Å². The number of piperidine rings is 1. The molecule has 53 heavy (non-hydrogen) atoms. The Labute approximate surface area is 305 Å². The van der Waals surface area contributed by atoms with Gasteiger partial charge in [-0.3, -0.25) is 14.6 Å². The molecule has 0 atom stereocenters. The summed E-state index contributed by atoms with van der Waals surface area (Å²) in [7, 11) is 0. The van der Waals surface area contributed by atoms with Gasteiger partial charge in [0, 0.05) is 41.0 Å². The average Bonchev–Trinajstić information content (AvgIpc) is 3.72. The van der Waals surface area contributed by atoms with Gasteiger partial charge in [0.15, 0.2) is 17.5 Å². The third-order valence-corrected chi connectivity index (χ3v) is 11.8. The number of benzene rings is 1. The smallest absolute Gasteiger partial charge is 0.261 e. The number of hydrogen-bond acceptors (Lipinski definition) is 7. The fourth-order valence-electron chi connectivity index (χ4n) is 8.17. The van der Waals surface area contributed by atoms with E-state index in [1.54, 1.807) is 18.6 Å². The van der Waals surface area contributed by atoms with Crippen LogP contribution in [0, 0.1) is 18.6 Å². The van der Waals surface area contributed by atoms with Gasteiger partial charge in [0.1, 0.15) is 11.1 Å². The van der Waals surface area contributed by atoms with Crippen molar-refractivity contribution >= 4 is 40.0 Å². The largest absolute Gasteiger partial charge is 0.341 e. The Balaban J connectivity index is 1.17. The SMILES string of the molecule is Cc1c(C(=O)NC2(C(F)F)CC2)cc(Nc2nc(-c3cnc4c(c3)N([C@H]3C[C@@H](N5CCCCC5)C3)C(=O)C4(C)C)cc3ncn(C(C)C)c23)c(F)c1F. The molecule has 3 fully saturated rings. The molecule has 5 heterocycles. The number of nitrogens with zero attached hydrogens (tertiary/aromatic N) is 6. The van der Waals surface area contributed by atoms with Crippen LogP contribution in [0.5, 0.6) is 0 Å². The predicted octanol–water partition coefficient (Wildman–Crippen LogP) is 7.57. The summed E-state index contributed by atoms with van der Waals surface area (Å²) in [4.78, 5) is 45.9. The van der Waals surface area contributed by atoms with Crippen molar-refractivity contribution in [2.24, 2.45) is 0 Å². The zero-order chi connectivity index (χ0) is 37.6. The Hall–Kier alpha value is -4.59. The van der Waals surface area contributed by atoms with Crippen LogP contribution >= 0.6 is 0 Å². The van der Waals surface area contributed by atoms with Crippen LogP contribution in [0.25, 0.3) is 22.3 Å². The standard InChI is InChI=1S/C39H44F4N8O2/c1-20(2)50-19-45-28-17-26(22-13-29-33(44-18-22)38(4,5)37(53)51(29)24-14-23(15-24)49-11-7-6-8-12-49)46-34(32(28)50)47-27-16-25(21(3)30(40)31(27)41)35(52)48-39(9-10-39)36(42)43/h13,16-20,23-24,36H,6-12,14-15H2,1-5H3,(H,46,47)(H,48,52)/t23-,24+. The molecular weight excluding hydrogens is 688 g/mol. The summed E-state index contributed by atoms with van der Waals surface area (Å²) >= 11 is 0. The summed E-state index contributed by atoms with van der Waals surface area (Å²) in [6.45, 7) is 11.1. The van der Waals surface area contributed by atoms with E-state index >= 15 is 8.78 Å². The van der Waals surface area contributed by atoms with Crippen LogP contribution in [0.4, 0.5) is 34.8 Å². The Morgan fingerprint density at radius 3 is 2.36 bits per heavy atom. The quantitative estimate of drug-likeness (QED) is 0.171. The third kappa shape index (κ3) is 5.84. The number of anilines is 3. The average molecular weight is 733 g/mol. The topological polar surface area (TPSA) is 108 Å². The number of likely N-dealkylation sites (tertiary alicyclic amines) is 1. The third-order valence-electron chi connectivity index (χ3n) is 11.8. The minimum absolute atomic E-state index is 0.0126. The van der Waals surface area contributed by atoms with Crippen LogP contribution in [0.2, 0.25) is 0 Å². The molecule has 3 aromatic heterocycles. The predicted molar refractivity (Wildman–Crippen MR) is 194 cm³/mol. The fourth-order valence-corrected chi connectivity index (χ4v) is 8.17. The van der Waals surface area contributed by atoms with Gasteiger partial charge in [0.25, 0.3) is 12.3 Å². The Kier molecular flexibility index (Phi) is 8.54. The molecule has 8 rings (SSSR count). The molecule has 4 aliphatic rings. The molecule has 4 aromatic rings. The summed E-state index contributed by atoms with van der Waals surface area (Å²) in [6.07, 6.45) is 6.19. The van der Waals surface area contributed by atoms with Gasteiger partial charge in [0.2, 0.25) is 5.91 Å². The van der Waals surface area contributed by atoms with E-state index in [2.05, 4.69) is 20.5 Å². The number of carbonyl (C=O) groups is 2. The summed E-state index contributed by atoms with van der Waals surface area (Å²) in [5.74, 6) is -3.29. The number of carbonyl (C=O) groups excluding carboxylic acids is 2. The second-order valence-corrected chi connectivity index (χ2v) is 16.0. The molecule has 10 nitrogen and oxygen atoms in total. The lowest BCUT2D eigenvalue weighted by Crippen LogP contribution is -2.57. The van der Waals surface area contributed by atoms with Gasteiger partial charge in [-0.25, -0.2) is 27.5 Å². The number of amides is 2. The van der Waals surface area contributed by atoms with Crippen molar-refractivity contribution < 1.29 is 27.2 Å². The van der Waals surface area contributed by atoms with Crippen molar-refractivity contribution in [2.75, 3.05) is 23.3 Å². The van der Waals surface area contributed by atoms with E-state index in [0.717, 1.165) is 37.7 Å². The van der Waals surface area contributed by atoms with Gasteiger partial charge in [-0.15, -0.1) is 0 Å². The van der Waals surface area contributed by atoms with E-state index in [9.17, 15) is 18.4 Å². The zero-order valence-corrected chi connectivity index (χ0v) is 30.6. The molecular formula is C39H44F4N8O2. The van der Waals surface area contributed by atoms with E-state index in [4.69, 9.17) is 9.97 Å². The molecule has 2 aliphatic heterocycles. The summed E-state index contributed by atoms with van der Waals surface area (Å²) < 4.78 is 60.2. The molecule has 14 heteroatoms. The lowest BCUT2D eigenvalue weighted by molar-refractivity contribution is -0.123. The first kappa shape index (κ1) is 35.4. The summed E-state index contributed by atoms with van der Waals surface area (Å²) in [5.41, 5.74) is 0.0654. The monoisotopic (exact) mass is 732 g/mol. The van der Waals surface area contributed by atoms with Gasteiger partial charge >= 0.3 is 0 Å². The highest BCUT2D eigenvalue weighted by molar-refractivity contribution is 6.08. The number of halogens is 4. The lowest BCUT2D eigenvalue weighted by Gasteiger charge is -2.47. The summed E-state index contributed by atoms with van der Waals surface area (Å²) in [6, 6.07) is 5.27. The molecule has 0 unspecified atom stereocenters. The first-order chi connectivity index (χ1) is 25.2. The lowest BCUT2D eigenvalue weighted by atomic mass is 9.83. The Morgan fingerprint density at radius 2 is 1.70 bits per heavy atom. The zero-order valence-electron chi connectivity index (χ0n) is 30.6. The van der Waals surface area contributed by atoms with Crippen molar-refractivity contribution in [2.45, 2.75) is 115 Å². The maximum absolute atomic E-state index is 15.7. The highest BCUT2D eigenvalue weighted by atomic mass is 19.3. The minimum atomic E-state index is -2.79. The van der Waals surface area contributed by atoms with Gasteiger partial charge in [-0.2, -0.15) is 0 Å². The van der Waals surface area contributed by atoms with E-state index in [0.29, 0.717) is 34.0 Å². The molecule has 2 N–H and O–H groups in total. The number of pyridine rings is 2. The number of fused-ring (bicyclic) bond motifs is 2. The fraction of sp³-hybridized carbons (Fsp3) is 0.513. The maximum atomic E-state index is 15.7. The van der Waals surface area contributed by atoms with E-state index in [1.807, 2.05) is 43.2 Å². The molecule has 280 valence electrons. The molecule has 0 bridgehead atoms. The van der Waals surface area contributed by atoms with Crippen LogP contribution < -0.4 is 15.5 Å². The van der Waals surface area contributed by atoms with Gasteiger partial charge < -0.3 is 25.0 Å². The molecule has 0 radical (unpaired) electrons. The molecule has 1 aromatic carbocycles. The van der Waals surface area contributed by atoms with Crippen molar-refractivity contribution in [1.29, 1.82) is 0 Å². The number of nitrogens with one attached hydrogen (secondary N) is 2. The second kappa shape index (κ2) is 12.8. The van der Waals surface area contributed by atoms with Crippen molar-refractivity contribution in [3.8, 4) is 11.3 Å². The molecule has 1 saturated heterocycles. The molecule has 0 spiro atoms. The van der Waals surface area contributed by atoms with Crippen LogP contribution in [0.15, 0.2) is 30.7 Å². The first-order valence-corrected chi connectivity index (χ1v) is 18.5. The summed E-state index contributed by atoms with van der Waals surface area (Å²) in [5, 5.41) is 5.26. The highest BCUT2D eigenvalue weighted by Gasteiger charge is 2.53. The number of alkyl halides is 2. The number of hydrogen-bond donors (Lipinski definition) is 2. The van der Waals surface area contributed by atoms with Crippen molar-refractivity contribution in [3.63, 3.8) is 0 Å². The first-order valence-electron chi connectivity index (χ1n) is 18.5. The second-order valence-electron chi connectivity index (χ2n) is 16.0. The van der Waals surface area contributed by atoms with Crippen molar-refractivity contribution in [3.05, 3.63) is 59.2 Å². The van der Waals surface area contributed by atoms with Gasteiger partial charge in [-0.1, -0.05) is 6.42 Å². The van der Waals surface area contributed by atoms with Crippen molar-refractivity contribution in [1.82, 2.24) is 29.7 Å². The number of rotatable bonds is 9. The van der Waals surface area contributed by atoms with Crippen LogP contribution in [0.1, 0.15) is 100 Å². The molecule has 2 aliphatic carbocycles. The van der Waals surface area contributed by atoms with Crippen LogP contribution in [-0.2, 0) is 10.2 Å². The highest BCUT2D eigenvalue weighted by Crippen LogP contribution is 2.47. The molecule has 2 amide bonds. The number of aromatic nitrogens is 4. The van der Waals surface area contributed by atoms with E-state index in [1.165, 1.54) is 26.2 Å². The van der Waals surface area contributed by atoms with Gasteiger partial charge in [-0.05, 0) is 104 Å².